The summed E-state index contributed by atoms with van der Waals surface area (Å²) >= 11 is 0. The zero-order chi connectivity index (χ0) is 21.8. The van der Waals surface area contributed by atoms with E-state index in [1.165, 1.54) is 31.2 Å². The Morgan fingerprint density at radius 1 is 1.14 bits per heavy atom. The van der Waals surface area contributed by atoms with Crippen LogP contribution in [0.15, 0.2) is 47.4 Å². The van der Waals surface area contributed by atoms with Gasteiger partial charge in [-0.1, -0.05) is 0 Å². The minimum atomic E-state index is -4.94. The van der Waals surface area contributed by atoms with Crippen molar-refractivity contribution in [2.45, 2.75) is 31.0 Å². The number of anilines is 1. The van der Waals surface area contributed by atoms with E-state index in [0.29, 0.717) is 24.5 Å². The largest absolute Gasteiger partial charge is 0.494 e. The molecule has 0 unspecified atom stereocenters. The Balaban J connectivity index is 2.10. The van der Waals surface area contributed by atoms with Crippen LogP contribution in [0.4, 0.5) is 23.2 Å². The summed E-state index contributed by atoms with van der Waals surface area (Å²) in [4.78, 5) is 12.1. The van der Waals surface area contributed by atoms with Crippen LogP contribution in [0, 0.1) is 5.82 Å². The van der Waals surface area contributed by atoms with Crippen LogP contribution >= 0.6 is 0 Å². The summed E-state index contributed by atoms with van der Waals surface area (Å²) in [5.74, 6) is -1.94. The smallest absolute Gasteiger partial charge is 0.419 e. The summed E-state index contributed by atoms with van der Waals surface area (Å²) in [5.41, 5.74) is -1.87. The second kappa shape index (κ2) is 8.78. The quantitative estimate of drug-likeness (QED) is 0.653. The number of halogens is 4. The molecule has 0 aromatic heterocycles. The van der Waals surface area contributed by atoms with Crippen LogP contribution < -0.4 is 14.8 Å². The Hall–Kier alpha value is -2.66. The number of rotatable bonds is 7. The van der Waals surface area contributed by atoms with Crippen molar-refractivity contribution >= 4 is 21.6 Å². The summed E-state index contributed by atoms with van der Waals surface area (Å²) < 4.78 is 83.7. The van der Waals surface area contributed by atoms with E-state index in [9.17, 15) is 30.8 Å². The summed E-state index contributed by atoms with van der Waals surface area (Å²) in [6.07, 6.45) is -4.94. The van der Waals surface area contributed by atoms with Gasteiger partial charge in [-0.15, -0.1) is 0 Å². The molecule has 0 bridgehead atoms. The molecule has 2 aromatic carbocycles. The lowest BCUT2D eigenvalue weighted by Crippen LogP contribution is -2.41. The third-order valence-corrected chi connectivity index (χ3v) is 5.27. The Bertz CT molecular complexity index is 976. The summed E-state index contributed by atoms with van der Waals surface area (Å²) in [6, 6.07) is 6.08. The molecule has 1 atom stereocenters. The van der Waals surface area contributed by atoms with Crippen molar-refractivity contribution in [2.24, 2.45) is 0 Å². The van der Waals surface area contributed by atoms with E-state index in [-0.39, 0.29) is 10.6 Å². The Morgan fingerprint density at radius 3 is 2.31 bits per heavy atom. The highest BCUT2D eigenvalue weighted by Crippen LogP contribution is 2.33. The fourth-order valence-corrected chi connectivity index (χ4v) is 3.51. The molecule has 2 N–H and O–H groups in total. The van der Waals surface area contributed by atoms with Gasteiger partial charge in [0.2, 0.25) is 15.9 Å². The van der Waals surface area contributed by atoms with Gasteiger partial charge in [-0.3, -0.25) is 4.79 Å². The minimum Gasteiger partial charge on any atom is -0.494 e. The molecule has 0 fully saturated rings. The monoisotopic (exact) mass is 434 g/mol. The predicted octanol–water partition coefficient (Wildman–Crippen LogP) is 3.55. The van der Waals surface area contributed by atoms with Crippen LogP contribution in [0.3, 0.4) is 0 Å². The van der Waals surface area contributed by atoms with Crippen molar-refractivity contribution < 1.29 is 35.5 Å². The van der Waals surface area contributed by atoms with Crippen LogP contribution in [-0.2, 0) is 21.0 Å². The maximum atomic E-state index is 13.3. The minimum absolute atomic E-state index is 0.123. The van der Waals surface area contributed by atoms with Crippen molar-refractivity contribution in [3.05, 3.63) is 53.8 Å². The number of benzene rings is 2. The van der Waals surface area contributed by atoms with Crippen molar-refractivity contribution in [3.63, 3.8) is 0 Å². The van der Waals surface area contributed by atoms with E-state index in [1.807, 2.05) is 0 Å². The number of alkyl halides is 3. The highest BCUT2D eigenvalue weighted by atomic mass is 32.2. The number of ether oxygens (including phenoxy) is 1. The van der Waals surface area contributed by atoms with E-state index < -0.39 is 39.5 Å². The predicted molar refractivity (Wildman–Crippen MR) is 97.4 cm³/mol. The molecule has 0 saturated carbocycles. The van der Waals surface area contributed by atoms with Crippen LogP contribution in [0.1, 0.15) is 19.4 Å². The van der Waals surface area contributed by atoms with Gasteiger partial charge < -0.3 is 10.1 Å². The summed E-state index contributed by atoms with van der Waals surface area (Å²) in [6.45, 7) is 3.39. The maximum Gasteiger partial charge on any atom is 0.419 e. The lowest BCUT2D eigenvalue weighted by molar-refractivity contribution is -0.140. The van der Waals surface area contributed by atoms with Crippen LogP contribution in [-0.4, -0.2) is 27.0 Å². The zero-order valence-electron chi connectivity index (χ0n) is 15.4. The fraction of sp³-hybridized carbons (Fsp3) is 0.278. The molecule has 0 radical (unpaired) electrons. The van der Waals surface area contributed by atoms with Gasteiger partial charge in [0.25, 0.3) is 0 Å². The Kier molecular flexibility index (Phi) is 6.85. The lowest BCUT2D eigenvalue weighted by atomic mass is 10.1. The Morgan fingerprint density at radius 2 is 1.76 bits per heavy atom. The molecule has 0 aliphatic rings. The number of hydrogen-bond acceptors (Lipinski definition) is 4. The number of carbonyl (C=O) groups excluding carboxylic acids is 1. The lowest BCUT2D eigenvalue weighted by Gasteiger charge is -2.16. The second-order valence-electron chi connectivity index (χ2n) is 5.93. The molecule has 6 nitrogen and oxygen atoms in total. The topological polar surface area (TPSA) is 84.5 Å². The van der Waals surface area contributed by atoms with Gasteiger partial charge in [-0.25, -0.2) is 12.8 Å². The third-order valence-electron chi connectivity index (χ3n) is 3.71. The molecule has 1 amide bonds. The highest BCUT2D eigenvalue weighted by Gasteiger charge is 2.34. The number of nitrogens with one attached hydrogen (secondary N) is 2. The summed E-state index contributed by atoms with van der Waals surface area (Å²) in [7, 11) is -4.07. The second-order valence-corrected chi connectivity index (χ2v) is 7.64. The average molecular weight is 434 g/mol. The average Bonchev–Trinajstić information content (AvgIpc) is 2.62. The molecule has 0 aliphatic carbocycles. The van der Waals surface area contributed by atoms with Gasteiger partial charge in [0.05, 0.1) is 23.1 Å². The van der Waals surface area contributed by atoms with E-state index in [2.05, 4.69) is 10.0 Å². The first-order valence-corrected chi connectivity index (χ1v) is 9.85. The van der Waals surface area contributed by atoms with E-state index in [1.54, 1.807) is 6.92 Å². The molecule has 0 aliphatic heterocycles. The number of sulfonamides is 1. The van der Waals surface area contributed by atoms with Crippen molar-refractivity contribution in [2.75, 3.05) is 11.9 Å². The molecular weight excluding hydrogens is 416 g/mol. The van der Waals surface area contributed by atoms with E-state index in [4.69, 9.17) is 4.74 Å². The van der Waals surface area contributed by atoms with Crippen LogP contribution in [0.5, 0.6) is 5.75 Å². The number of hydrogen-bond donors (Lipinski definition) is 2. The van der Waals surface area contributed by atoms with Gasteiger partial charge in [0.15, 0.2) is 0 Å². The zero-order valence-corrected chi connectivity index (χ0v) is 16.2. The third kappa shape index (κ3) is 5.91. The Labute approximate surface area is 164 Å². The first kappa shape index (κ1) is 22.6. The van der Waals surface area contributed by atoms with Crippen molar-refractivity contribution in [1.82, 2.24) is 4.72 Å². The van der Waals surface area contributed by atoms with E-state index in [0.717, 1.165) is 6.07 Å². The van der Waals surface area contributed by atoms with Gasteiger partial charge in [0.1, 0.15) is 11.6 Å². The van der Waals surface area contributed by atoms with Crippen molar-refractivity contribution in [1.29, 1.82) is 0 Å². The molecule has 0 saturated heterocycles. The fourth-order valence-electron chi connectivity index (χ4n) is 2.31. The van der Waals surface area contributed by atoms with Gasteiger partial charge in [-0.2, -0.15) is 17.9 Å². The van der Waals surface area contributed by atoms with Crippen molar-refractivity contribution in [3.8, 4) is 5.75 Å². The van der Waals surface area contributed by atoms with Crippen LogP contribution in [0.25, 0.3) is 0 Å². The normalized spacial score (nSPS) is 13.0. The molecule has 2 rings (SSSR count). The van der Waals surface area contributed by atoms with Gasteiger partial charge >= 0.3 is 6.18 Å². The SMILES string of the molecule is CCOc1ccc(S(=O)(=O)N[C@H](C)C(=O)Nc2ccc(F)c(C(F)(F)F)c2)cc1. The molecule has 29 heavy (non-hydrogen) atoms. The molecule has 0 spiro atoms. The standard InChI is InChI=1S/C18H18F4N2O4S/c1-3-28-13-5-7-14(8-6-13)29(26,27)24-11(2)17(25)23-12-4-9-16(19)15(10-12)18(20,21)22/h4-11,24H,3H2,1-2H3,(H,23,25)/t11-/m1/s1. The molecular formula is C18H18F4N2O4S. The van der Waals surface area contributed by atoms with Gasteiger partial charge in [0, 0.05) is 5.69 Å². The molecule has 11 heteroatoms. The van der Waals surface area contributed by atoms with Gasteiger partial charge in [-0.05, 0) is 56.3 Å². The first-order chi connectivity index (χ1) is 13.4. The first-order valence-electron chi connectivity index (χ1n) is 8.37. The van der Waals surface area contributed by atoms with Crippen LogP contribution in [0.2, 0.25) is 0 Å². The number of amides is 1. The molecule has 2 aromatic rings. The maximum absolute atomic E-state index is 13.3. The highest BCUT2D eigenvalue weighted by molar-refractivity contribution is 7.89. The van der Waals surface area contributed by atoms with E-state index >= 15 is 0 Å². The summed E-state index contributed by atoms with van der Waals surface area (Å²) in [5, 5.41) is 2.13. The molecule has 0 heterocycles. The number of carbonyl (C=O) groups is 1. The molecule has 158 valence electrons.